The zero-order valence-electron chi connectivity index (χ0n) is 12.8. The average molecular weight is 306 g/mol. The lowest BCUT2D eigenvalue weighted by molar-refractivity contribution is -0.122. The second-order valence-corrected chi connectivity index (χ2v) is 6.18. The Balaban J connectivity index is 1.44. The smallest absolute Gasteiger partial charge is 0.234 e. The summed E-state index contributed by atoms with van der Waals surface area (Å²) < 4.78 is 19.3. The molecule has 0 bridgehead atoms. The van der Waals surface area contributed by atoms with Crippen LogP contribution in [0, 0.1) is 5.82 Å². The van der Waals surface area contributed by atoms with Crippen molar-refractivity contribution in [1.82, 2.24) is 10.2 Å². The molecular weight excluding hydrogens is 283 g/mol. The molecule has 0 spiro atoms. The highest BCUT2D eigenvalue weighted by Crippen LogP contribution is 2.28. The molecule has 2 fully saturated rings. The van der Waals surface area contributed by atoms with Gasteiger partial charge in [0, 0.05) is 25.6 Å². The van der Waals surface area contributed by atoms with Crippen molar-refractivity contribution >= 4 is 5.91 Å². The van der Waals surface area contributed by atoms with Gasteiger partial charge < -0.3 is 10.1 Å². The third-order valence-corrected chi connectivity index (χ3v) is 4.54. The summed E-state index contributed by atoms with van der Waals surface area (Å²) in [5.74, 6) is 0.0778. The molecule has 2 saturated heterocycles. The summed E-state index contributed by atoms with van der Waals surface area (Å²) in [4.78, 5) is 14.1. The first-order valence-corrected chi connectivity index (χ1v) is 8.07. The van der Waals surface area contributed by atoms with Gasteiger partial charge in [0.1, 0.15) is 5.82 Å². The third-order valence-electron chi connectivity index (χ3n) is 4.54. The quantitative estimate of drug-likeness (QED) is 0.903. The fourth-order valence-corrected chi connectivity index (χ4v) is 3.33. The van der Waals surface area contributed by atoms with Crippen molar-refractivity contribution in [2.45, 2.75) is 31.3 Å². The molecule has 1 aromatic rings. The molecule has 1 N–H and O–H groups in total. The standard InChI is InChI=1S/C17H23FN2O2/c18-16-6-2-1-5-15(16)13-7-8-20(11-13)12-17(21)19-10-14-4-3-9-22-14/h1-2,5-6,13-14H,3-4,7-12H2,(H,19,21)/t13-,14-/m0/s1. The zero-order chi connectivity index (χ0) is 15.4. The van der Waals surface area contributed by atoms with E-state index in [1.54, 1.807) is 6.07 Å². The van der Waals surface area contributed by atoms with Crippen LogP contribution in [0.3, 0.4) is 0 Å². The molecule has 0 aromatic heterocycles. The molecule has 1 aromatic carbocycles. The van der Waals surface area contributed by atoms with Crippen LogP contribution < -0.4 is 5.32 Å². The summed E-state index contributed by atoms with van der Waals surface area (Å²) >= 11 is 0. The molecule has 120 valence electrons. The van der Waals surface area contributed by atoms with Crippen molar-refractivity contribution in [3.63, 3.8) is 0 Å². The predicted molar refractivity (Wildman–Crippen MR) is 82.2 cm³/mol. The predicted octanol–water partition coefficient (Wildman–Crippen LogP) is 1.91. The van der Waals surface area contributed by atoms with Gasteiger partial charge in [0.15, 0.2) is 0 Å². The van der Waals surface area contributed by atoms with E-state index in [0.29, 0.717) is 13.1 Å². The largest absolute Gasteiger partial charge is 0.376 e. The lowest BCUT2D eigenvalue weighted by Crippen LogP contribution is -2.39. The minimum absolute atomic E-state index is 0.0321. The van der Waals surface area contributed by atoms with Gasteiger partial charge in [0.25, 0.3) is 0 Å². The topological polar surface area (TPSA) is 41.6 Å². The van der Waals surface area contributed by atoms with Gasteiger partial charge in [0.05, 0.1) is 12.6 Å². The van der Waals surface area contributed by atoms with Crippen molar-refractivity contribution in [1.29, 1.82) is 0 Å². The fraction of sp³-hybridized carbons (Fsp3) is 0.588. The highest BCUT2D eigenvalue weighted by Gasteiger charge is 2.27. The molecule has 22 heavy (non-hydrogen) atoms. The maximum Gasteiger partial charge on any atom is 0.234 e. The minimum atomic E-state index is -0.141. The van der Waals surface area contributed by atoms with E-state index in [9.17, 15) is 9.18 Å². The van der Waals surface area contributed by atoms with Gasteiger partial charge in [-0.1, -0.05) is 18.2 Å². The third kappa shape index (κ3) is 3.84. The second kappa shape index (κ2) is 7.20. The molecule has 2 atom stereocenters. The first kappa shape index (κ1) is 15.4. The van der Waals surface area contributed by atoms with Crippen LogP contribution in [0.15, 0.2) is 24.3 Å². The molecule has 2 aliphatic heterocycles. The number of nitrogens with zero attached hydrogens (tertiary/aromatic N) is 1. The Labute approximate surface area is 130 Å². The monoisotopic (exact) mass is 306 g/mol. The fourth-order valence-electron chi connectivity index (χ4n) is 3.33. The van der Waals surface area contributed by atoms with Crippen molar-refractivity contribution in [3.8, 4) is 0 Å². The van der Waals surface area contributed by atoms with E-state index in [0.717, 1.165) is 44.5 Å². The van der Waals surface area contributed by atoms with Crippen LogP contribution in [0.1, 0.15) is 30.7 Å². The van der Waals surface area contributed by atoms with E-state index >= 15 is 0 Å². The van der Waals surface area contributed by atoms with Crippen LogP contribution in [-0.4, -0.2) is 49.7 Å². The Morgan fingerprint density at radius 2 is 2.23 bits per heavy atom. The number of carbonyl (C=O) groups excluding carboxylic acids is 1. The van der Waals surface area contributed by atoms with E-state index in [4.69, 9.17) is 4.74 Å². The number of rotatable bonds is 5. The molecule has 2 heterocycles. The van der Waals surface area contributed by atoms with Crippen LogP contribution in [0.5, 0.6) is 0 Å². The summed E-state index contributed by atoms with van der Waals surface area (Å²) in [5.41, 5.74) is 0.768. The van der Waals surface area contributed by atoms with Crippen LogP contribution in [-0.2, 0) is 9.53 Å². The SMILES string of the molecule is O=C(CN1CC[C@H](c2ccccc2F)C1)NC[C@@H]1CCCO1. The molecule has 0 aliphatic carbocycles. The van der Waals surface area contributed by atoms with E-state index in [1.807, 2.05) is 12.1 Å². The molecular formula is C17H23FN2O2. The average Bonchev–Trinajstić information content (AvgIpc) is 3.17. The van der Waals surface area contributed by atoms with E-state index in [-0.39, 0.29) is 23.7 Å². The van der Waals surface area contributed by atoms with E-state index in [2.05, 4.69) is 10.2 Å². The molecule has 2 aliphatic rings. The maximum atomic E-state index is 13.8. The van der Waals surface area contributed by atoms with Gasteiger partial charge in [-0.3, -0.25) is 9.69 Å². The summed E-state index contributed by atoms with van der Waals surface area (Å²) in [7, 11) is 0. The zero-order valence-corrected chi connectivity index (χ0v) is 12.8. The number of likely N-dealkylation sites (tertiary alicyclic amines) is 1. The van der Waals surface area contributed by atoms with E-state index in [1.165, 1.54) is 6.07 Å². The highest BCUT2D eigenvalue weighted by molar-refractivity contribution is 5.78. The molecule has 1 amide bonds. The number of carbonyl (C=O) groups is 1. The Bertz CT molecular complexity index is 517. The Morgan fingerprint density at radius 1 is 1.36 bits per heavy atom. The molecule has 0 unspecified atom stereocenters. The Hall–Kier alpha value is -1.46. The summed E-state index contributed by atoms with van der Waals surface area (Å²) in [6, 6.07) is 6.94. The number of ether oxygens (including phenoxy) is 1. The Morgan fingerprint density at radius 3 is 3.00 bits per heavy atom. The van der Waals surface area contributed by atoms with Gasteiger partial charge in [-0.2, -0.15) is 0 Å². The lowest BCUT2D eigenvalue weighted by atomic mass is 9.98. The van der Waals surface area contributed by atoms with Crippen LogP contribution in [0.4, 0.5) is 4.39 Å². The molecule has 0 saturated carbocycles. The number of benzene rings is 1. The minimum Gasteiger partial charge on any atom is -0.376 e. The van der Waals surface area contributed by atoms with Crippen molar-refractivity contribution < 1.29 is 13.9 Å². The first-order chi connectivity index (χ1) is 10.7. The molecule has 0 radical (unpaired) electrons. The molecule has 4 nitrogen and oxygen atoms in total. The molecule has 5 heteroatoms. The number of halogens is 1. The number of nitrogens with one attached hydrogen (secondary N) is 1. The normalized spacial score (nSPS) is 25.5. The lowest BCUT2D eigenvalue weighted by Gasteiger charge is -2.17. The number of amides is 1. The van der Waals surface area contributed by atoms with Gasteiger partial charge >= 0.3 is 0 Å². The summed E-state index contributed by atoms with van der Waals surface area (Å²) in [6.07, 6.45) is 3.18. The van der Waals surface area contributed by atoms with Crippen LogP contribution >= 0.6 is 0 Å². The highest BCUT2D eigenvalue weighted by atomic mass is 19.1. The first-order valence-electron chi connectivity index (χ1n) is 8.07. The molecule has 3 rings (SSSR count). The summed E-state index contributed by atoms with van der Waals surface area (Å²) in [6.45, 7) is 3.37. The van der Waals surface area contributed by atoms with Crippen molar-refractivity contribution in [2.75, 3.05) is 32.8 Å². The Kier molecular flexibility index (Phi) is 5.05. The van der Waals surface area contributed by atoms with Crippen LogP contribution in [0.2, 0.25) is 0 Å². The van der Waals surface area contributed by atoms with Crippen molar-refractivity contribution in [3.05, 3.63) is 35.6 Å². The van der Waals surface area contributed by atoms with Gasteiger partial charge in [-0.05, 0) is 37.4 Å². The van der Waals surface area contributed by atoms with Gasteiger partial charge in [0.2, 0.25) is 5.91 Å². The van der Waals surface area contributed by atoms with E-state index < -0.39 is 0 Å². The van der Waals surface area contributed by atoms with Crippen LogP contribution in [0.25, 0.3) is 0 Å². The summed E-state index contributed by atoms with van der Waals surface area (Å²) in [5, 5.41) is 2.94. The maximum absolute atomic E-state index is 13.8. The number of hydrogen-bond donors (Lipinski definition) is 1. The van der Waals surface area contributed by atoms with Crippen molar-refractivity contribution in [2.24, 2.45) is 0 Å². The van der Waals surface area contributed by atoms with Gasteiger partial charge in [-0.25, -0.2) is 4.39 Å². The van der Waals surface area contributed by atoms with Gasteiger partial charge in [-0.15, -0.1) is 0 Å². The second-order valence-electron chi connectivity index (χ2n) is 6.18. The number of hydrogen-bond acceptors (Lipinski definition) is 3.